The Morgan fingerprint density at radius 2 is 2.11 bits per heavy atom. The van der Waals surface area contributed by atoms with Crippen LogP contribution in [0.4, 0.5) is 5.69 Å². The summed E-state index contributed by atoms with van der Waals surface area (Å²) in [5, 5.41) is 0. The molecule has 18 heavy (non-hydrogen) atoms. The van der Waals surface area contributed by atoms with Gasteiger partial charge in [0.15, 0.2) is 0 Å². The number of carbonyl (C=O) groups is 1. The monoisotopic (exact) mass is 282 g/mol. The van der Waals surface area contributed by atoms with Gasteiger partial charge in [-0.05, 0) is 18.4 Å². The summed E-state index contributed by atoms with van der Waals surface area (Å²) in [5.74, 6) is 0.857. The number of anilines is 1. The highest BCUT2D eigenvalue weighted by molar-refractivity contribution is 7.98. The van der Waals surface area contributed by atoms with Gasteiger partial charge >= 0.3 is 0 Å². The molecule has 0 aromatic heterocycles. The number of thioether (sulfide) groups is 1. The minimum Gasteiger partial charge on any atom is -0.389 e. The first-order valence-corrected chi connectivity index (χ1v) is 7.44. The van der Waals surface area contributed by atoms with Crippen molar-refractivity contribution in [3.8, 4) is 0 Å². The van der Waals surface area contributed by atoms with Crippen molar-refractivity contribution < 1.29 is 4.79 Å². The number of para-hydroxylation sites is 1. The van der Waals surface area contributed by atoms with E-state index in [1.165, 1.54) is 0 Å². The van der Waals surface area contributed by atoms with Gasteiger partial charge in [0.1, 0.15) is 4.99 Å². The lowest BCUT2D eigenvalue weighted by Gasteiger charge is -2.23. The number of thiocarbonyl (C=S) groups is 1. The van der Waals surface area contributed by atoms with Crippen LogP contribution >= 0.6 is 24.0 Å². The Morgan fingerprint density at radius 3 is 2.67 bits per heavy atom. The Kier molecular flexibility index (Phi) is 5.62. The van der Waals surface area contributed by atoms with Crippen molar-refractivity contribution in [3.63, 3.8) is 0 Å². The van der Waals surface area contributed by atoms with E-state index in [4.69, 9.17) is 18.0 Å². The second-order valence-corrected chi connectivity index (χ2v) is 5.49. The molecule has 3 nitrogen and oxygen atoms in total. The third kappa shape index (κ3) is 3.46. The Balaban J connectivity index is 3.00. The fraction of sp³-hybridized carbons (Fsp3) is 0.385. The lowest BCUT2D eigenvalue weighted by molar-refractivity contribution is -0.120. The Morgan fingerprint density at radius 1 is 1.50 bits per heavy atom. The minimum absolute atomic E-state index is 0.0237. The van der Waals surface area contributed by atoms with Crippen molar-refractivity contribution in [3.05, 3.63) is 29.8 Å². The van der Waals surface area contributed by atoms with E-state index in [1.54, 1.807) is 23.7 Å². The molecule has 1 amide bonds. The maximum atomic E-state index is 12.2. The van der Waals surface area contributed by atoms with Crippen molar-refractivity contribution in [2.24, 2.45) is 11.7 Å². The molecule has 1 atom stereocenters. The summed E-state index contributed by atoms with van der Waals surface area (Å²) in [5.41, 5.74) is 7.18. The van der Waals surface area contributed by atoms with E-state index >= 15 is 0 Å². The molecule has 0 bridgehead atoms. The Labute approximate surface area is 118 Å². The molecule has 1 unspecified atom stereocenters. The molecule has 98 valence electrons. The van der Waals surface area contributed by atoms with Crippen LogP contribution in [-0.4, -0.2) is 30.0 Å². The highest BCUT2D eigenvalue weighted by Crippen LogP contribution is 2.21. The number of hydrogen-bond acceptors (Lipinski definition) is 3. The zero-order valence-corrected chi connectivity index (χ0v) is 12.5. The molecule has 0 radical (unpaired) electrons. The van der Waals surface area contributed by atoms with Gasteiger partial charge in [0.2, 0.25) is 5.91 Å². The van der Waals surface area contributed by atoms with Crippen LogP contribution < -0.4 is 10.6 Å². The molecule has 1 aromatic rings. The minimum atomic E-state index is -0.0237. The molecule has 5 heteroatoms. The summed E-state index contributed by atoms with van der Waals surface area (Å²) < 4.78 is 0. The van der Waals surface area contributed by atoms with Crippen LogP contribution in [0.3, 0.4) is 0 Å². The second kappa shape index (κ2) is 6.75. The van der Waals surface area contributed by atoms with Crippen molar-refractivity contribution in [1.29, 1.82) is 0 Å². The van der Waals surface area contributed by atoms with Crippen LogP contribution in [-0.2, 0) is 4.79 Å². The molecule has 1 aromatic carbocycles. The van der Waals surface area contributed by atoms with Gasteiger partial charge in [-0.25, -0.2) is 0 Å². The van der Waals surface area contributed by atoms with E-state index in [0.29, 0.717) is 4.99 Å². The number of carbonyl (C=O) groups excluding carboxylic acids is 1. The number of hydrogen-bond donors (Lipinski definition) is 1. The van der Waals surface area contributed by atoms with Crippen LogP contribution in [0.25, 0.3) is 0 Å². The highest BCUT2D eigenvalue weighted by atomic mass is 32.2. The first-order valence-electron chi connectivity index (χ1n) is 5.64. The molecule has 0 saturated heterocycles. The number of nitrogens with two attached hydrogens (primary N) is 1. The van der Waals surface area contributed by atoms with Gasteiger partial charge in [0, 0.05) is 24.3 Å². The maximum Gasteiger partial charge on any atom is 0.230 e. The SMILES string of the molecule is CSCC(C)C(=O)N(C)c1ccccc1C(N)=S. The molecule has 2 N–H and O–H groups in total. The first kappa shape index (κ1) is 15.0. The predicted molar refractivity (Wildman–Crippen MR) is 83.3 cm³/mol. The van der Waals surface area contributed by atoms with Crippen LogP contribution in [0.5, 0.6) is 0 Å². The highest BCUT2D eigenvalue weighted by Gasteiger charge is 2.20. The van der Waals surface area contributed by atoms with Crippen molar-refractivity contribution in [2.45, 2.75) is 6.92 Å². The van der Waals surface area contributed by atoms with E-state index in [-0.39, 0.29) is 11.8 Å². The lowest BCUT2D eigenvalue weighted by atomic mass is 10.1. The molecule has 0 fully saturated rings. The van der Waals surface area contributed by atoms with Gasteiger partial charge < -0.3 is 10.6 Å². The van der Waals surface area contributed by atoms with Crippen LogP contribution in [0.1, 0.15) is 12.5 Å². The van der Waals surface area contributed by atoms with Gasteiger partial charge in [-0.3, -0.25) is 4.79 Å². The zero-order valence-electron chi connectivity index (χ0n) is 10.8. The van der Waals surface area contributed by atoms with Crippen LogP contribution in [0, 0.1) is 5.92 Å². The molecule has 0 heterocycles. The third-order valence-corrected chi connectivity index (χ3v) is 3.75. The van der Waals surface area contributed by atoms with E-state index in [1.807, 2.05) is 37.4 Å². The topological polar surface area (TPSA) is 46.3 Å². The fourth-order valence-electron chi connectivity index (χ4n) is 1.75. The molecule has 0 aliphatic rings. The summed E-state index contributed by atoms with van der Waals surface area (Å²) in [6.07, 6.45) is 1.99. The Bertz CT molecular complexity index is 448. The summed E-state index contributed by atoms with van der Waals surface area (Å²) in [6.45, 7) is 1.93. The van der Waals surface area contributed by atoms with E-state index in [0.717, 1.165) is 17.0 Å². The fourth-order valence-corrected chi connectivity index (χ4v) is 2.56. The zero-order chi connectivity index (χ0) is 13.7. The molecule has 1 rings (SSSR count). The van der Waals surface area contributed by atoms with Crippen molar-refractivity contribution in [1.82, 2.24) is 0 Å². The number of nitrogens with zero attached hydrogens (tertiary/aromatic N) is 1. The van der Waals surface area contributed by atoms with E-state index < -0.39 is 0 Å². The van der Waals surface area contributed by atoms with Crippen LogP contribution in [0.2, 0.25) is 0 Å². The standard InChI is InChI=1S/C13H18N2OS2/c1-9(8-18-3)13(16)15(2)11-7-5-4-6-10(11)12(14)17/h4-7,9H,8H2,1-3H3,(H2,14,17). The Hall–Kier alpha value is -1.07. The van der Waals surface area contributed by atoms with Crippen molar-refractivity contribution in [2.75, 3.05) is 24.0 Å². The number of rotatable bonds is 5. The van der Waals surface area contributed by atoms with E-state index in [9.17, 15) is 4.79 Å². The van der Waals surface area contributed by atoms with Gasteiger partial charge in [0.25, 0.3) is 0 Å². The molecular weight excluding hydrogens is 264 g/mol. The number of amides is 1. The molecular formula is C13H18N2OS2. The first-order chi connectivity index (χ1) is 8.49. The summed E-state index contributed by atoms with van der Waals surface area (Å²) >= 11 is 6.67. The van der Waals surface area contributed by atoms with Gasteiger partial charge in [-0.2, -0.15) is 11.8 Å². The summed E-state index contributed by atoms with van der Waals surface area (Å²) in [4.78, 5) is 14.2. The molecule has 0 saturated carbocycles. The van der Waals surface area contributed by atoms with E-state index in [2.05, 4.69) is 0 Å². The normalized spacial score (nSPS) is 11.9. The van der Waals surface area contributed by atoms with Crippen LogP contribution in [0.15, 0.2) is 24.3 Å². The molecule has 0 aliphatic heterocycles. The lowest BCUT2D eigenvalue weighted by Crippen LogP contribution is -2.34. The molecule has 0 spiro atoms. The smallest absolute Gasteiger partial charge is 0.230 e. The predicted octanol–water partition coefficient (Wildman–Crippen LogP) is 2.28. The van der Waals surface area contributed by atoms with Gasteiger partial charge in [0.05, 0.1) is 5.69 Å². The molecule has 0 aliphatic carbocycles. The average molecular weight is 282 g/mol. The van der Waals surface area contributed by atoms with Crippen molar-refractivity contribution >= 4 is 40.6 Å². The summed E-state index contributed by atoms with van der Waals surface area (Å²) in [7, 11) is 1.76. The summed E-state index contributed by atoms with van der Waals surface area (Å²) in [6, 6.07) is 7.43. The second-order valence-electron chi connectivity index (χ2n) is 4.14. The average Bonchev–Trinajstić information content (AvgIpc) is 2.37. The quantitative estimate of drug-likeness (QED) is 0.842. The largest absolute Gasteiger partial charge is 0.389 e. The third-order valence-electron chi connectivity index (χ3n) is 2.70. The van der Waals surface area contributed by atoms with Gasteiger partial charge in [-0.1, -0.05) is 31.3 Å². The van der Waals surface area contributed by atoms with Gasteiger partial charge in [-0.15, -0.1) is 0 Å². The number of benzene rings is 1. The maximum absolute atomic E-state index is 12.2.